The summed E-state index contributed by atoms with van der Waals surface area (Å²) in [6.45, 7) is 40.9. The number of hydrogen-bond acceptors (Lipinski definition) is 3. The molecule has 0 radical (unpaired) electrons. The van der Waals surface area contributed by atoms with Crippen molar-refractivity contribution >= 4 is 23.6 Å². The highest BCUT2D eigenvalue weighted by atomic mass is 28.3. The van der Waals surface area contributed by atoms with Gasteiger partial charge in [-0.05, 0) is 81.4 Å². The first kappa shape index (κ1) is 42.3. The SMILES string of the molecule is C#C[Si](c1cc(C(C)(C)C)c(OC)c(C(C)(C)C)c1)(c1cc(C(C)(C)C)c(OC)c(C(C)(C)C)c1)c1cc(C(C)(C)C)c(OC)c(C(C)(C)C)c1. The summed E-state index contributed by atoms with van der Waals surface area (Å²) in [4.78, 5) is 0. The molecule has 0 spiro atoms. The molecule has 3 rings (SSSR count). The molecule has 0 saturated carbocycles. The van der Waals surface area contributed by atoms with Crippen LogP contribution in [0.2, 0.25) is 0 Å². The molecule has 280 valence electrons. The highest BCUT2D eigenvalue weighted by molar-refractivity contribution is 7.16. The fraction of sp³-hybridized carbons (Fsp3) is 0.574. The Morgan fingerprint density at radius 1 is 0.373 bits per heavy atom. The lowest BCUT2D eigenvalue weighted by molar-refractivity contribution is 0.381. The zero-order valence-corrected chi connectivity index (χ0v) is 37.3. The first-order valence-electron chi connectivity index (χ1n) is 18.6. The molecule has 0 bridgehead atoms. The molecule has 0 aliphatic heterocycles. The number of rotatable bonds is 6. The Hall–Kier alpha value is -3.16. The molecular formula is C47H70O3Si. The minimum atomic E-state index is -3.30. The van der Waals surface area contributed by atoms with Gasteiger partial charge in [0.25, 0.3) is 0 Å². The molecule has 51 heavy (non-hydrogen) atoms. The van der Waals surface area contributed by atoms with E-state index in [-0.39, 0.29) is 32.5 Å². The van der Waals surface area contributed by atoms with Gasteiger partial charge >= 0.3 is 0 Å². The van der Waals surface area contributed by atoms with Crippen molar-refractivity contribution in [3.05, 3.63) is 69.8 Å². The van der Waals surface area contributed by atoms with E-state index in [9.17, 15) is 0 Å². The summed E-state index contributed by atoms with van der Waals surface area (Å²) in [5.74, 6) is 2.83. The average Bonchev–Trinajstić information content (AvgIpc) is 2.97. The van der Waals surface area contributed by atoms with Crippen molar-refractivity contribution in [2.24, 2.45) is 0 Å². The Morgan fingerprint density at radius 2 is 0.529 bits per heavy atom. The van der Waals surface area contributed by atoms with Crippen LogP contribution in [0.3, 0.4) is 0 Å². The third kappa shape index (κ3) is 8.10. The van der Waals surface area contributed by atoms with Gasteiger partial charge in [0.15, 0.2) is 0 Å². The molecular weight excluding hydrogens is 641 g/mol. The van der Waals surface area contributed by atoms with Crippen LogP contribution in [0.5, 0.6) is 17.2 Å². The molecule has 0 atom stereocenters. The maximum atomic E-state index is 7.19. The molecule has 3 aromatic rings. The molecule has 0 unspecified atom stereocenters. The Bertz CT molecular complexity index is 1490. The van der Waals surface area contributed by atoms with Gasteiger partial charge in [-0.3, -0.25) is 0 Å². The number of benzene rings is 3. The van der Waals surface area contributed by atoms with E-state index in [1.54, 1.807) is 21.3 Å². The minimum absolute atomic E-state index is 0.198. The highest BCUT2D eigenvalue weighted by Crippen LogP contribution is 2.43. The van der Waals surface area contributed by atoms with E-state index in [0.29, 0.717) is 0 Å². The van der Waals surface area contributed by atoms with Crippen LogP contribution in [0.4, 0.5) is 0 Å². The Morgan fingerprint density at radius 3 is 0.627 bits per heavy atom. The third-order valence-electron chi connectivity index (χ3n) is 10.2. The number of methoxy groups -OCH3 is 3. The standard InChI is InChI=1S/C47H70O3Si/c1-23-51(30-24-33(42(2,3)4)39(48-20)34(25-30)43(5,6)7,31-26-35(44(8,9)10)40(49-21)36(27-31)45(11,12)13)32-28-37(46(14,15)16)41(50-22)38(29-32)47(17,18)19/h1,24-29H,2-22H3. The zero-order chi connectivity index (χ0) is 39.5. The van der Waals surface area contributed by atoms with Gasteiger partial charge in [0.1, 0.15) is 17.2 Å². The molecule has 0 aromatic heterocycles. The third-order valence-corrected chi connectivity index (χ3v) is 14.1. The molecule has 0 aliphatic rings. The predicted octanol–water partition coefficient (Wildman–Crippen LogP) is 10.1. The molecule has 0 fully saturated rings. The Kier molecular flexibility index (Phi) is 11.3. The number of ether oxygens (including phenoxy) is 3. The molecule has 4 heteroatoms. The van der Waals surface area contributed by atoms with Crippen LogP contribution in [-0.4, -0.2) is 29.4 Å². The first-order valence-corrected chi connectivity index (χ1v) is 20.6. The van der Waals surface area contributed by atoms with Crippen LogP contribution in [0, 0.1) is 12.0 Å². The second kappa shape index (κ2) is 13.7. The van der Waals surface area contributed by atoms with E-state index in [4.69, 9.17) is 20.6 Å². The molecule has 0 saturated heterocycles. The first-order chi connectivity index (χ1) is 22.9. The van der Waals surface area contributed by atoms with Crippen LogP contribution in [0.15, 0.2) is 36.4 Å². The van der Waals surface area contributed by atoms with E-state index >= 15 is 0 Å². The molecule has 0 N–H and O–H groups in total. The van der Waals surface area contributed by atoms with Gasteiger partial charge in [0.2, 0.25) is 8.07 Å². The van der Waals surface area contributed by atoms with Crippen molar-refractivity contribution in [2.75, 3.05) is 21.3 Å². The maximum Gasteiger partial charge on any atom is 0.229 e. The largest absolute Gasteiger partial charge is 0.496 e. The maximum absolute atomic E-state index is 7.19. The zero-order valence-electron chi connectivity index (χ0n) is 36.3. The van der Waals surface area contributed by atoms with Gasteiger partial charge in [-0.25, -0.2) is 0 Å². The molecule has 0 heterocycles. The second-order valence-corrected chi connectivity index (χ2v) is 24.2. The van der Waals surface area contributed by atoms with Gasteiger partial charge in [-0.2, -0.15) is 0 Å². The summed E-state index contributed by atoms with van der Waals surface area (Å²) in [6, 6.07) is 14.3. The van der Waals surface area contributed by atoms with Crippen molar-refractivity contribution < 1.29 is 14.2 Å². The Labute approximate surface area is 314 Å². The fourth-order valence-electron chi connectivity index (χ4n) is 7.29. The van der Waals surface area contributed by atoms with Crippen LogP contribution < -0.4 is 29.8 Å². The lowest BCUT2D eigenvalue weighted by Crippen LogP contribution is -2.67. The van der Waals surface area contributed by atoms with E-state index in [1.807, 2.05) is 0 Å². The molecule has 3 nitrogen and oxygen atoms in total. The summed E-state index contributed by atoms with van der Waals surface area (Å²) < 4.78 is 18.9. The topological polar surface area (TPSA) is 27.7 Å². The normalized spacial score (nSPS) is 13.6. The Balaban J connectivity index is 2.93. The van der Waals surface area contributed by atoms with Crippen LogP contribution in [-0.2, 0) is 32.5 Å². The summed E-state index contributed by atoms with van der Waals surface area (Å²) in [5, 5.41) is 3.57. The van der Waals surface area contributed by atoms with Gasteiger partial charge in [-0.1, -0.05) is 161 Å². The summed E-state index contributed by atoms with van der Waals surface area (Å²) in [5.41, 5.74) is 9.48. The smallest absolute Gasteiger partial charge is 0.229 e. The minimum Gasteiger partial charge on any atom is -0.496 e. The highest BCUT2D eigenvalue weighted by Gasteiger charge is 2.45. The summed E-state index contributed by atoms with van der Waals surface area (Å²) >= 11 is 0. The number of hydrogen-bond donors (Lipinski definition) is 0. The average molecular weight is 711 g/mol. The second-order valence-electron chi connectivity index (χ2n) is 20.7. The van der Waals surface area contributed by atoms with Crippen molar-refractivity contribution in [2.45, 2.75) is 157 Å². The predicted molar refractivity (Wildman–Crippen MR) is 225 cm³/mol. The van der Waals surface area contributed by atoms with E-state index in [2.05, 4.69) is 167 Å². The van der Waals surface area contributed by atoms with Gasteiger partial charge in [0.05, 0.1) is 21.3 Å². The molecule has 3 aromatic carbocycles. The van der Waals surface area contributed by atoms with Crippen molar-refractivity contribution in [1.29, 1.82) is 0 Å². The monoisotopic (exact) mass is 711 g/mol. The van der Waals surface area contributed by atoms with E-state index in [1.165, 1.54) is 48.9 Å². The van der Waals surface area contributed by atoms with Crippen LogP contribution in [0.25, 0.3) is 0 Å². The van der Waals surface area contributed by atoms with E-state index in [0.717, 1.165) is 17.2 Å². The van der Waals surface area contributed by atoms with Crippen molar-refractivity contribution in [3.8, 4) is 29.2 Å². The summed E-state index contributed by atoms with van der Waals surface area (Å²) in [7, 11) is 2.10. The summed E-state index contributed by atoms with van der Waals surface area (Å²) in [6.07, 6.45) is 7.19. The molecule has 0 amide bonds. The van der Waals surface area contributed by atoms with Crippen molar-refractivity contribution in [1.82, 2.24) is 0 Å². The lowest BCUT2D eigenvalue weighted by Gasteiger charge is -2.38. The quantitative estimate of drug-likeness (QED) is 0.145. The van der Waals surface area contributed by atoms with Gasteiger partial charge in [0, 0.05) is 0 Å². The van der Waals surface area contributed by atoms with Crippen molar-refractivity contribution in [3.63, 3.8) is 0 Å². The van der Waals surface area contributed by atoms with Crippen LogP contribution in [0.1, 0.15) is 158 Å². The van der Waals surface area contributed by atoms with E-state index < -0.39 is 8.07 Å². The van der Waals surface area contributed by atoms with Gasteiger partial charge < -0.3 is 14.2 Å². The van der Waals surface area contributed by atoms with Crippen LogP contribution >= 0.6 is 0 Å². The fourth-order valence-corrected chi connectivity index (χ4v) is 11.0. The van der Waals surface area contributed by atoms with Gasteiger partial charge in [-0.15, -0.1) is 12.0 Å². The number of terminal acetylenes is 1. The molecule has 0 aliphatic carbocycles. The lowest BCUT2D eigenvalue weighted by atomic mass is 9.79.